The van der Waals surface area contributed by atoms with Gasteiger partial charge < -0.3 is 10.7 Å². The van der Waals surface area contributed by atoms with Gasteiger partial charge in [0.05, 0.1) is 5.69 Å². The largest absolute Gasteiger partial charge is 0.397 e. The van der Waals surface area contributed by atoms with E-state index in [0.717, 1.165) is 28.0 Å². The van der Waals surface area contributed by atoms with Gasteiger partial charge in [0.25, 0.3) is 0 Å². The van der Waals surface area contributed by atoms with Crippen molar-refractivity contribution in [3.05, 3.63) is 47.8 Å². The highest BCUT2D eigenvalue weighted by Gasteiger charge is 2.10. The third kappa shape index (κ3) is 1.64. The fraction of sp³-hybridized carbons (Fsp3) is 0.133. The Bertz CT molecular complexity index is 708. The summed E-state index contributed by atoms with van der Waals surface area (Å²) in [6.45, 7) is 4.08. The van der Waals surface area contributed by atoms with Gasteiger partial charge in [0.2, 0.25) is 0 Å². The molecule has 3 heteroatoms. The lowest BCUT2D eigenvalue weighted by Crippen LogP contribution is -1.89. The number of nitrogens with two attached hydrogens (primary N) is 1. The van der Waals surface area contributed by atoms with E-state index < -0.39 is 0 Å². The number of hydrogen-bond donors (Lipinski definition) is 2. The number of benzene rings is 1. The molecule has 0 aliphatic carbocycles. The Labute approximate surface area is 106 Å². The number of H-pyrrole nitrogens is 1. The van der Waals surface area contributed by atoms with Gasteiger partial charge in [0.15, 0.2) is 0 Å². The lowest BCUT2D eigenvalue weighted by atomic mass is 10.0. The highest BCUT2D eigenvalue weighted by molar-refractivity contribution is 6.01. The monoisotopic (exact) mass is 237 g/mol. The van der Waals surface area contributed by atoms with E-state index in [1.807, 2.05) is 6.92 Å². The molecular weight excluding hydrogens is 222 g/mol. The summed E-state index contributed by atoms with van der Waals surface area (Å²) < 4.78 is 0. The van der Waals surface area contributed by atoms with Gasteiger partial charge in [-0.15, -0.1) is 0 Å². The van der Waals surface area contributed by atoms with Crippen LogP contribution in [0.4, 0.5) is 5.69 Å². The molecule has 0 unspecified atom stereocenters. The van der Waals surface area contributed by atoms with Crippen LogP contribution in [0.15, 0.2) is 36.5 Å². The van der Waals surface area contributed by atoms with E-state index in [2.05, 4.69) is 47.2 Å². The highest BCUT2D eigenvalue weighted by Crippen LogP contribution is 2.32. The van der Waals surface area contributed by atoms with Gasteiger partial charge in [-0.3, -0.25) is 0 Å². The van der Waals surface area contributed by atoms with E-state index in [1.165, 1.54) is 11.1 Å². The molecule has 0 fully saturated rings. The zero-order chi connectivity index (χ0) is 12.7. The summed E-state index contributed by atoms with van der Waals surface area (Å²) in [4.78, 5) is 7.58. The molecular formula is C15H15N3. The first-order valence-corrected chi connectivity index (χ1v) is 5.96. The standard InChI is InChI=1S/C15H15N3/c1-9-3-5-11(6-4-9)12-7-10(2)18-15-14(12)13(16)8-17-15/h3-8H,16H2,1-2H3,(H,17,18). The predicted octanol–water partition coefficient (Wildman–Crippen LogP) is 3.43. The molecule has 0 saturated carbocycles. The zero-order valence-corrected chi connectivity index (χ0v) is 10.5. The van der Waals surface area contributed by atoms with Crippen molar-refractivity contribution in [1.82, 2.24) is 9.97 Å². The predicted molar refractivity (Wildman–Crippen MR) is 75.4 cm³/mol. The van der Waals surface area contributed by atoms with Crippen LogP contribution < -0.4 is 5.73 Å². The lowest BCUT2D eigenvalue weighted by Gasteiger charge is -2.06. The number of aromatic nitrogens is 2. The molecule has 3 nitrogen and oxygen atoms in total. The second-order valence-corrected chi connectivity index (χ2v) is 4.64. The van der Waals surface area contributed by atoms with Crippen LogP contribution in [0.3, 0.4) is 0 Å². The molecule has 0 atom stereocenters. The van der Waals surface area contributed by atoms with Crippen molar-refractivity contribution in [2.45, 2.75) is 13.8 Å². The Hall–Kier alpha value is -2.29. The SMILES string of the molecule is Cc1ccc(-c2cc(C)nc3[nH]cc(N)c23)cc1. The van der Waals surface area contributed by atoms with E-state index in [4.69, 9.17) is 5.73 Å². The Morgan fingerprint density at radius 3 is 2.56 bits per heavy atom. The van der Waals surface area contributed by atoms with Crippen LogP contribution in [-0.4, -0.2) is 9.97 Å². The van der Waals surface area contributed by atoms with Crippen LogP contribution in [-0.2, 0) is 0 Å². The molecule has 3 aromatic rings. The summed E-state index contributed by atoms with van der Waals surface area (Å²) >= 11 is 0. The van der Waals surface area contributed by atoms with E-state index in [1.54, 1.807) is 6.20 Å². The van der Waals surface area contributed by atoms with Crippen LogP contribution >= 0.6 is 0 Å². The Kier molecular flexibility index (Phi) is 2.33. The zero-order valence-electron chi connectivity index (χ0n) is 10.5. The summed E-state index contributed by atoms with van der Waals surface area (Å²) in [6.07, 6.45) is 1.80. The summed E-state index contributed by atoms with van der Waals surface area (Å²) in [5, 5.41) is 1.00. The van der Waals surface area contributed by atoms with Gasteiger partial charge in [0, 0.05) is 17.3 Å². The van der Waals surface area contributed by atoms with Crippen LogP contribution in [0, 0.1) is 13.8 Å². The number of rotatable bonds is 1. The third-order valence-electron chi connectivity index (χ3n) is 3.16. The number of anilines is 1. The number of nitrogens with zero attached hydrogens (tertiary/aromatic N) is 1. The molecule has 2 aromatic heterocycles. The molecule has 1 aromatic carbocycles. The van der Waals surface area contributed by atoms with Gasteiger partial charge >= 0.3 is 0 Å². The van der Waals surface area contributed by atoms with Crippen molar-refractivity contribution in [2.24, 2.45) is 0 Å². The normalized spacial score (nSPS) is 11.0. The molecule has 3 rings (SSSR count). The number of hydrogen-bond acceptors (Lipinski definition) is 2. The first kappa shape index (κ1) is 10.8. The van der Waals surface area contributed by atoms with Crippen molar-refractivity contribution in [1.29, 1.82) is 0 Å². The second-order valence-electron chi connectivity index (χ2n) is 4.64. The molecule has 0 radical (unpaired) electrons. The molecule has 18 heavy (non-hydrogen) atoms. The van der Waals surface area contributed by atoms with Crippen molar-refractivity contribution in [2.75, 3.05) is 5.73 Å². The molecule has 0 saturated heterocycles. The van der Waals surface area contributed by atoms with Gasteiger partial charge in [0.1, 0.15) is 5.65 Å². The minimum atomic E-state index is 0.744. The minimum absolute atomic E-state index is 0.744. The van der Waals surface area contributed by atoms with Crippen molar-refractivity contribution in [3.8, 4) is 11.1 Å². The van der Waals surface area contributed by atoms with Crippen LogP contribution in [0.2, 0.25) is 0 Å². The first-order valence-electron chi connectivity index (χ1n) is 5.96. The average Bonchev–Trinajstić information content (AvgIpc) is 2.71. The van der Waals surface area contributed by atoms with Crippen molar-refractivity contribution < 1.29 is 0 Å². The van der Waals surface area contributed by atoms with Crippen LogP contribution in [0.25, 0.3) is 22.2 Å². The van der Waals surface area contributed by atoms with Crippen molar-refractivity contribution in [3.63, 3.8) is 0 Å². The fourth-order valence-electron chi connectivity index (χ4n) is 2.25. The number of aryl methyl sites for hydroxylation is 2. The third-order valence-corrected chi connectivity index (χ3v) is 3.16. The molecule has 0 aliphatic heterocycles. The molecule has 0 bridgehead atoms. The van der Waals surface area contributed by atoms with Crippen LogP contribution in [0.5, 0.6) is 0 Å². The number of nitrogen functional groups attached to an aromatic ring is 1. The van der Waals surface area contributed by atoms with Crippen LogP contribution in [0.1, 0.15) is 11.3 Å². The topological polar surface area (TPSA) is 54.7 Å². The first-order chi connectivity index (χ1) is 8.65. The molecule has 0 spiro atoms. The maximum atomic E-state index is 6.02. The van der Waals surface area contributed by atoms with E-state index >= 15 is 0 Å². The van der Waals surface area contributed by atoms with Gasteiger partial charge in [-0.05, 0) is 31.0 Å². The number of aromatic amines is 1. The molecule has 0 aliphatic rings. The maximum Gasteiger partial charge on any atom is 0.140 e. The number of nitrogens with one attached hydrogen (secondary N) is 1. The van der Waals surface area contributed by atoms with Gasteiger partial charge in [-0.1, -0.05) is 29.8 Å². The molecule has 0 amide bonds. The van der Waals surface area contributed by atoms with E-state index in [0.29, 0.717) is 0 Å². The van der Waals surface area contributed by atoms with Gasteiger partial charge in [-0.2, -0.15) is 0 Å². The minimum Gasteiger partial charge on any atom is -0.397 e. The quantitative estimate of drug-likeness (QED) is 0.681. The number of fused-ring (bicyclic) bond motifs is 1. The highest BCUT2D eigenvalue weighted by atomic mass is 14.9. The Morgan fingerprint density at radius 1 is 1.11 bits per heavy atom. The Morgan fingerprint density at radius 2 is 1.83 bits per heavy atom. The van der Waals surface area contributed by atoms with E-state index in [-0.39, 0.29) is 0 Å². The smallest absolute Gasteiger partial charge is 0.140 e. The van der Waals surface area contributed by atoms with E-state index in [9.17, 15) is 0 Å². The summed E-state index contributed by atoms with van der Waals surface area (Å²) in [5.74, 6) is 0. The lowest BCUT2D eigenvalue weighted by molar-refractivity contribution is 1.22. The maximum absolute atomic E-state index is 6.02. The number of pyridine rings is 1. The Balaban J connectivity index is 2.33. The molecule has 3 N–H and O–H groups in total. The molecule has 2 heterocycles. The summed E-state index contributed by atoms with van der Waals surface area (Å²) in [6, 6.07) is 10.5. The summed E-state index contributed by atoms with van der Waals surface area (Å²) in [5.41, 5.74) is 12.2. The average molecular weight is 237 g/mol. The fourth-order valence-corrected chi connectivity index (χ4v) is 2.25. The summed E-state index contributed by atoms with van der Waals surface area (Å²) in [7, 11) is 0. The molecule has 90 valence electrons. The second kappa shape index (κ2) is 3.88. The van der Waals surface area contributed by atoms with Crippen molar-refractivity contribution >= 4 is 16.7 Å². The van der Waals surface area contributed by atoms with Gasteiger partial charge in [-0.25, -0.2) is 4.98 Å².